The Morgan fingerprint density at radius 3 is 2.47 bits per heavy atom. The Bertz CT molecular complexity index is 362. The molecule has 4 heteroatoms. The second kappa shape index (κ2) is 5.03. The first-order chi connectivity index (χ1) is 7.10. The quantitative estimate of drug-likeness (QED) is 0.860. The van der Waals surface area contributed by atoms with Gasteiger partial charge in [0.25, 0.3) is 0 Å². The SMILES string of the molecule is CCN(CC)c1cc(C(=O)O)ccc1Cl. The highest BCUT2D eigenvalue weighted by Gasteiger charge is 2.10. The van der Waals surface area contributed by atoms with Crippen molar-refractivity contribution >= 4 is 23.3 Å². The largest absolute Gasteiger partial charge is 0.478 e. The van der Waals surface area contributed by atoms with E-state index in [-0.39, 0.29) is 5.56 Å². The van der Waals surface area contributed by atoms with Gasteiger partial charge in [-0.1, -0.05) is 11.6 Å². The number of carboxylic acid groups (broad SMARTS) is 1. The number of halogens is 1. The zero-order valence-corrected chi connectivity index (χ0v) is 9.58. The van der Waals surface area contributed by atoms with Crippen molar-refractivity contribution in [2.45, 2.75) is 13.8 Å². The van der Waals surface area contributed by atoms with Crippen LogP contribution in [0.5, 0.6) is 0 Å². The molecule has 1 aromatic carbocycles. The number of anilines is 1. The minimum absolute atomic E-state index is 0.265. The Hall–Kier alpha value is -1.22. The smallest absolute Gasteiger partial charge is 0.335 e. The number of hydrogen-bond donors (Lipinski definition) is 1. The Morgan fingerprint density at radius 1 is 1.40 bits per heavy atom. The average Bonchev–Trinajstić information content (AvgIpc) is 2.22. The van der Waals surface area contributed by atoms with Crippen molar-refractivity contribution in [3.63, 3.8) is 0 Å². The van der Waals surface area contributed by atoms with E-state index in [2.05, 4.69) is 0 Å². The van der Waals surface area contributed by atoms with E-state index in [9.17, 15) is 4.79 Å². The molecular weight excluding hydrogens is 214 g/mol. The molecule has 0 fully saturated rings. The highest BCUT2D eigenvalue weighted by Crippen LogP contribution is 2.26. The topological polar surface area (TPSA) is 40.5 Å². The molecule has 0 aliphatic heterocycles. The van der Waals surface area contributed by atoms with Gasteiger partial charge < -0.3 is 10.0 Å². The maximum Gasteiger partial charge on any atom is 0.335 e. The zero-order valence-electron chi connectivity index (χ0n) is 8.83. The first kappa shape index (κ1) is 11.9. The summed E-state index contributed by atoms with van der Waals surface area (Å²) in [6.45, 7) is 5.62. The van der Waals surface area contributed by atoms with Gasteiger partial charge in [-0.2, -0.15) is 0 Å². The van der Waals surface area contributed by atoms with E-state index in [1.54, 1.807) is 12.1 Å². The molecule has 0 aliphatic rings. The Morgan fingerprint density at radius 2 is 2.00 bits per heavy atom. The molecule has 0 aliphatic carbocycles. The van der Waals surface area contributed by atoms with Crippen molar-refractivity contribution in [3.05, 3.63) is 28.8 Å². The molecule has 0 amide bonds. The second-order valence-corrected chi connectivity index (χ2v) is 3.55. The average molecular weight is 228 g/mol. The summed E-state index contributed by atoms with van der Waals surface area (Å²) in [5.41, 5.74) is 1.04. The van der Waals surface area contributed by atoms with E-state index in [0.717, 1.165) is 18.8 Å². The van der Waals surface area contributed by atoms with Gasteiger partial charge in [0.05, 0.1) is 16.3 Å². The molecule has 1 N–H and O–H groups in total. The summed E-state index contributed by atoms with van der Waals surface area (Å²) in [6, 6.07) is 4.74. The van der Waals surface area contributed by atoms with Crippen LogP contribution < -0.4 is 4.90 Å². The first-order valence-electron chi connectivity index (χ1n) is 4.88. The van der Waals surface area contributed by atoms with Gasteiger partial charge in [0.15, 0.2) is 0 Å². The number of carbonyl (C=O) groups is 1. The fraction of sp³-hybridized carbons (Fsp3) is 0.364. The summed E-state index contributed by atoms with van der Waals surface area (Å²) in [5, 5.41) is 9.45. The Kier molecular flexibility index (Phi) is 3.97. The van der Waals surface area contributed by atoms with Crippen molar-refractivity contribution in [2.24, 2.45) is 0 Å². The van der Waals surface area contributed by atoms with Gasteiger partial charge in [-0.05, 0) is 32.0 Å². The Labute approximate surface area is 94.3 Å². The van der Waals surface area contributed by atoms with Gasteiger partial charge in [0.1, 0.15) is 0 Å². The monoisotopic (exact) mass is 227 g/mol. The Balaban J connectivity index is 3.15. The van der Waals surface area contributed by atoms with Crippen molar-refractivity contribution in [1.82, 2.24) is 0 Å². The number of rotatable bonds is 4. The van der Waals surface area contributed by atoms with Crippen LogP contribution in [0.2, 0.25) is 5.02 Å². The third-order valence-corrected chi connectivity index (χ3v) is 2.62. The van der Waals surface area contributed by atoms with E-state index in [1.807, 2.05) is 18.7 Å². The van der Waals surface area contributed by atoms with Crippen LogP contribution in [0, 0.1) is 0 Å². The van der Waals surface area contributed by atoms with Crippen molar-refractivity contribution in [3.8, 4) is 0 Å². The normalized spacial score (nSPS) is 10.1. The van der Waals surface area contributed by atoms with Crippen LogP contribution >= 0.6 is 11.6 Å². The highest BCUT2D eigenvalue weighted by atomic mass is 35.5. The minimum atomic E-state index is -0.930. The van der Waals surface area contributed by atoms with E-state index in [4.69, 9.17) is 16.7 Å². The van der Waals surface area contributed by atoms with Crippen molar-refractivity contribution in [1.29, 1.82) is 0 Å². The van der Waals surface area contributed by atoms with Gasteiger partial charge in [-0.15, -0.1) is 0 Å². The minimum Gasteiger partial charge on any atom is -0.478 e. The lowest BCUT2D eigenvalue weighted by Gasteiger charge is -2.22. The van der Waals surface area contributed by atoms with Crippen LogP contribution in [0.1, 0.15) is 24.2 Å². The third kappa shape index (κ3) is 2.63. The second-order valence-electron chi connectivity index (χ2n) is 3.14. The molecule has 0 spiro atoms. The molecule has 0 radical (unpaired) electrons. The van der Waals surface area contributed by atoms with Crippen LogP contribution in [0.4, 0.5) is 5.69 Å². The summed E-state index contributed by atoms with van der Waals surface area (Å²) in [4.78, 5) is 12.8. The van der Waals surface area contributed by atoms with Gasteiger partial charge in [0, 0.05) is 13.1 Å². The molecule has 0 heterocycles. The van der Waals surface area contributed by atoms with Crippen LogP contribution in [-0.4, -0.2) is 24.2 Å². The molecule has 0 atom stereocenters. The molecule has 1 aromatic rings. The predicted molar refractivity (Wildman–Crippen MR) is 62.0 cm³/mol. The molecule has 0 aromatic heterocycles. The predicted octanol–water partition coefficient (Wildman–Crippen LogP) is 2.88. The maximum absolute atomic E-state index is 10.8. The summed E-state index contributed by atoms with van der Waals surface area (Å²) in [7, 11) is 0. The van der Waals surface area contributed by atoms with Crippen molar-refractivity contribution in [2.75, 3.05) is 18.0 Å². The van der Waals surface area contributed by atoms with Crippen LogP contribution in [0.3, 0.4) is 0 Å². The number of aromatic carboxylic acids is 1. The summed E-state index contributed by atoms with van der Waals surface area (Å²) in [6.07, 6.45) is 0. The highest BCUT2D eigenvalue weighted by molar-refractivity contribution is 6.33. The van der Waals surface area contributed by atoms with E-state index < -0.39 is 5.97 Å². The maximum atomic E-state index is 10.8. The van der Waals surface area contributed by atoms with Crippen LogP contribution in [0.25, 0.3) is 0 Å². The fourth-order valence-corrected chi connectivity index (χ4v) is 1.69. The van der Waals surface area contributed by atoms with Crippen molar-refractivity contribution < 1.29 is 9.90 Å². The molecular formula is C11H14ClNO2. The summed E-state index contributed by atoms with van der Waals surface area (Å²) in [5.74, 6) is -0.930. The molecule has 15 heavy (non-hydrogen) atoms. The van der Waals surface area contributed by atoms with E-state index in [0.29, 0.717) is 5.02 Å². The van der Waals surface area contributed by atoms with E-state index in [1.165, 1.54) is 6.07 Å². The molecule has 3 nitrogen and oxygen atoms in total. The number of benzene rings is 1. The standard InChI is InChI=1S/C11H14ClNO2/c1-3-13(4-2)10-7-8(11(14)15)5-6-9(10)12/h5-7H,3-4H2,1-2H3,(H,14,15). The molecule has 82 valence electrons. The summed E-state index contributed by atoms with van der Waals surface area (Å²) < 4.78 is 0. The number of hydrogen-bond acceptors (Lipinski definition) is 2. The van der Waals surface area contributed by atoms with Gasteiger partial charge in [0.2, 0.25) is 0 Å². The lowest BCUT2D eigenvalue weighted by atomic mass is 10.2. The molecule has 0 unspecified atom stereocenters. The van der Waals surface area contributed by atoms with Gasteiger partial charge in [-0.3, -0.25) is 0 Å². The van der Waals surface area contributed by atoms with Gasteiger partial charge in [-0.25, -0.2) is 4.79 Å². The lowest BCUT2D eigenvalue weighted by Crippen LogP contribution is -2.22. The molecule has 0 bridgehead atoms. The fourth-order valence-electron chi connectivity index (χ4n) is 1.45. The van der Waals surface area contributed by atoms with E-state index >= 15 is 0 Å². The van der Waals surface area contributed by atoms with Gasteiger partial charge >= 0.3 is 5.97 Å². The zero-order chi connectivity index (χ0) is 11.4. The number of nitrogens with zero attached hydrogens (tertiary/aromatic N) is 1. The molecule has 1 rings (SSSR count). The molecule has 0 saturated heterocycles. The third-order valence-electron chi connectivity index (χ3n) is 2.30. The first-order valence-corrected chi connectivity index (χ1v) is 5.25. The lowest BCUT2D eigenvalue weighted by molar-refractivity contribution is 0.0697. The van der Waals surface area contributed by atoms with Crippen LogP contribution in [-0.2, 0) is 0 Å². The molecule has 0 saturated carbocycles. The van der Waals surface area contributed by atoms with Crippen LogP contribution in [0.15, 0.2) is 18.2 Å². The summed E-state index contributed by atoms with van der Waals surface area (Å²) >= 11 is 6.02. The number of carboxylic acids is 1.